The van der Waals surface area contributed by atoms with Crippen molar-refractivity contribution in [1.29, 1.82) is 0 Å². The summed E-state index contributed by atoms with van der Waals surface area (Å²) < 4.78 is 36.7. The van der Waals surface area contributed by atoms with E-state index in [9.17, 15) is 48.7 Å². The van der Waals surface area contributed by atoms with Gasteiger partial charge in [-0.1, -0.05) is 0 Å². The summed E-state index contributed by atoms with van der Waals surface area (Å²) in [6.45, 7) is -1.53. The van der Waals surface area contributed by atoms with E-state index in [1.54, 1.807) is 0 Å². The second kappa shape index (κ2) is 9.90. The first-order valence-corrected chi connectivity index (χ1v) is 10.5. The Labute approximate surface area is 152 Å². The molecule has 0 aliphatic carbocycles. The predicted molar refractivity (Wildman–Crippen MR) is 85.7 cm³/mol. The van der Waals surface area contributed by atoms with Gasteiger partial charge >= 0.3 is 0 Å². The third-order valence-corrected chi connectivity index (χ3v) is 7.31. The number of aliphatic hydroxyl groups is 8. The molecule has 0 bridgehead atoms. The third kappa shape index (κ3) is 6.22. The normalized spacial score (nSPS) is 32.8. The van der Waals surface area contributed by atoms with Crippen LogP contribution >= 0.6 is 0 Å². The number of hydrogen-bond acceptors (Lipinski definition) is 12. The highest BCUT2D eigenvalue weighted by molar-refractivity contribution is 7.97. The maximum absolute atomic E-state index is 10.9. The first-order chi connectivity index (χ1) is 11.9. The molecule has 0 aromatic heterocycles. The number of hydrogen-bond donors (Lipinski definition) is 8. The quantitative estimate of drug-likeness (QED) is 0.0931. The molecule has 156 valence electrons. The van der Waals surface area contributed by atoms with Crippen LogP contribution < -0.4 is 0 Å². The van der Waals surface area contributed by atoms with E-state index in [1.807, 2.05) is 0 Å². The van der Waals surface area contributed by atoms with Crippen LogP contribution in [0, 0.1) is 0 Å². The van der Waals surface area contributed by atoms with Gasteiger partial charge in [-0.2, -0.15) is 0 Å². The molecule has 0 aromatic rings. The Balaban J connectivity index is 2.95. The van der Waals surface area contributed by atoms with Crippen molar-refractivity contribution in [3.05, 3.63) is 0 Å². The first kappa shape index (κ1) is 23.9. The zero-order chi connectivity index (χ0) is 20.2. The van der Waals surface area contributed by atoms with E-state index in [0.29, 0.717) is 0 Å². The van der Waals surface area contributed by atoms with Crippen LogP contribution in [0.25, 0.3) is 0 Å². The summed E-state index contributed by atoms with van der Waals surface area (Å²) in [6, 6.07) is 0. The van der Waals surface area contributed by atoms with Crippen LogP contribution in [-0.4, -0.2) is 127 Å². The lowest BCUT2D eigenvalue weighted by Gasteiger charge is -2.31. The Kier molecular flexibility index (Phi) is 9.12. The van der Waals surface area contributed by atoms with Crippen LogP contribution in [0.4, 0.5) is 0 Å². The van der Waals surface area contributed by atoms with E-state index in [2.05, 4.69) is 4.18 Å². The topological polar surface area (TPSA) is 228 Å². The van der Waals surface area contributed by atoms with Crippen molar-refractivity contribution >= 4 is 21.3 Å². The van der Waals surface area contributed by atoms with Crippen molar-refractivity contribution in [2.75, 3.05) is 24.7 Å². The van der Waals surface area contributed by atoms with E-state index in [0.717, 1.165) is 0 Å². The van der Waals surface area contributed by atoms with Crippen LogP contribution in [0.3, 0.4) is 0 Å². The summed E-state index contributed by atoms with van der Waals surface area (Å²) in [5.41, 5.74) is 0. The minimum Gasteiger partial charge on any atom is -0.726 e. The Hall–Kier alpha value is -0.100. The predicted octanol–water partition coefficient (Wildman–Crippen LogP) is -6.02. The van der Waals surface area contributed by atoms with Crippen molar-refractivity contribution < 1.29 is 58.0 Å². The molecule has 0 amide bonds. The molecule has 1 aliphatic heterocycles. The van der Waals surface area contributed by atoms with E-state index in [-0.39, 0.29) is 11.5 Å². The number of aliphatic hydroxyl groups excluding tert-OH is 8. The first-order valence-electron chi connectivity index (χ1n) is 7.53. The Bertz CT molecular complexity index is 530. The van der Waals surface area contributed by atoms with Gasteiger partial charge in [0.15, 0.2) is 5.25 Å². The van der Waals surface area contributed by atoms with E-state index >= 15 is 0 Å². The molecule has 1 saturated heterocycles. The van der Waals surface area contributed by atoms with Gasteiger partial charge in [0.05, 0.1) is 13.2 Å². The molecule has 1 heterocycles. The Morgan fingerprint density at radius 1 is 1.08 bits per heavy atom. The van der Waals surface area contributed by atoms with Gasteiger partial charge in [-0.05, 0) is 0 Å². The SMILES string of the molecule is O=S(=O)([O-])O[C@@H]([C@H](O)[C@@H](O)[C@@H](O)CO)[C@H](O)C[S+]1C[C@@H](O)[C@H](O)[C@H]1CO. The summed E-state index contributed by atoms with van der Waals surface area (Å²) in [4.78, 5) is 0. The Morgan fingerprint density at radius 3 is 2.12 bits per heavy atom. The van der Waals surface area contributed by atoms with Gasteiger partial charge in [0.2, 0.25) is 10.4 Å². The van der Waals surface area contributed by atoms with Gasteiger partial charge in [-0.25, -0.2) is 8.42 Å². The largest absolute Gasteiger partial charge is 0.726 e. The van der Waals surface area contributed by atoms with Gasteiger partial charge < -0.3 is 45.4 Å². The summed E-state index contributed by atoms with van der Waals surface area (Å²) in [5, 5.41) is 75.8. The van der Waals surface area contributed by atoms with Crippen molar-refractivity contribution in [1.82, 2.24) is 0 Å². The van der Waals surface area contributed by atoms with Crippen LogP contribution in [0.5, 0.6) is 0 Å². The molecule has 26 heavy (non-hydrogen) atoms. The molecule has 12 nitrogen and oxygen atoms in total. The van der Waals surface area contributed by atoms with Gasteiger partial charge in [0.1, 0.15) is 54.2 Å². The molecule has 8 N–H and O–H groups in total. The zero-order valence-corrected chi connectivity index (χ0v) is 15.1. The average Bonchev–Trinajstić information content (AvgIpc) is 2.82. The molecule has 0 radical (unpaired) electrons. The molecular weight excluding hydrogens is 400 g/mol. The highest BCUT2D eigenvalue weighted by atomic mass is 32.3. The lowest BCUT2D eigenvalue weighted by Crippen LogP contribution is -2.53. The van der Waals surface area contributed by atoms with E-state index < -0.39 is 82.5 Å². The zero-order valence-electron chi connectivity index (χ0n) is 13.5. The fourth-order valence-electron chi connectivity index (χ4n) is 2.62. The summed E-state index contributed by atoms with van der Waals surface area (Å²) in [7, 11) is -6.45. The molecule has 14 heteroatoms. The van der Waals surface area contributed by atoms with Crippen LogP contribution in [0.1, 0.15) is 0 Å². The Morgan fingerprint density at radius 2 is 1.65 bits per heavy atom. The van der Waals surface area contributed by atoms with Crippen molar-refractivity contribution in [3.8, 4) is 0 Å². The van der Waals surface area contributed by atoms with E-state index in [4.69, 9.17) is 5.11 Å². The minimum atomic E-state index is -5.42. The second-order valence-corrected chi connectivity index (χ2v) is 9.27. The van der Waals surface area contributed by atoms with Crippen molar-refractivity contribution in [2.24, 2.45) is 0 Å². The maximum atomic E-state index is 10.9. The molecule has 0 spiro atoms. The van der Waals surface area contributed by atoms with Gasteiger partial charge in [-0.15, -0.1) is 0 Å². The molecule has 0 aromatic carbocycles. The summed E-state index contributed by atoms with van der Waals surface area (Å²) >= 11 is 0. The molecule has 1 rings (SSSR count). The lowest BCUT2D eigenvalue weighted by atomic mass is 10.0. The highest BCUT2D eigenvalue weighted by Gasteiger charge is 2.51. The van der Waals surface area contributed by atoms with Crippen molar-refractivity contribution in [2.45, 2.75) is 48.0 Å². The highest BCUT2D eigenvalue weighted by Crippen LogP contribution is 2.26. The molecular formula is C12H24O12S2. The fraction of sp³-hybridized carbons (Fsp3) is 1.00. The van der Waals surface area contributed by atoms with E-state index in [1.165, 1.54) is 0 Å². The average molecular weight is 424 g/mol. The third-order valence-electron chi connectivity index (χ3n) is 4.03. The van der Waals surface area contributed by atoms with Crippen LogP contribution in [0.15, 0.2) is 0 Å². The fourth-order valence-corrected chi connectivity index (χ4v) is 5.82. The summed E-state index contributed by atoms with van der Waals surface area (Å²) in [5.74, 6) is -0.406. The number of rotatable bonds is 10. The van der Waals surface area contributed by atoms with Gasteiger partial charge in [0.25, 0.3) is 0 Å². The molecule has 9 atom stereocenters. The van der Waals surface area contributed by atoms with Crippen LogP contribution in [0.2, 0.25) is 0 Å². The van der Waals surface area contributed by atoms with Gasteiger partial charge in [0, 0.05) is 10.9 Å². The summed E-state index contributed by atoms with van der Waals surface area (Å²) in [6.07, 6.45) is -12.8. The lowest BCUT2D eigenvalue weighted by molar-refractivity contribution is -0.129. The van der Waals surface area contributed by atoms with Gasteiger partial charge in [-0.3, -0.25) is 4.18 Å². The standard InChI is InChI=1S/C12H24O12S2/c13-1-5(15)10(19)11(20)12(24-26(21,22)23)7(17)4-25-3-6(16)9(18)8(25)2-14/h5-20H,1-4H2/t5-,6+,7+,8+,9-,10-,11+,12+,25?/m0/s1. The second-order valence-electron chi connectivity index (χ2n) is 5.92. The van der Waals surface area contributed by atoms with Crippen molar-refractivity contribution in [3.63, 3.8) is 0 Å². The maximum Gasteiger partial charge on any atom is 0.218 e. The minimum absolute atomic E-state index is 0.0296. The molecule has 1 unspecified atom stereocenters. The smallest absolute Gasteiger partial charge is 0.218 e. The molecule has 1 fully saturated rings. The monoisotopic (exact) mass is 424 g/mol. The van der Waals surface area contributed by atoms with Crippen LogP contribution in [-0.2, 0) is 25.5 Å². The molecule has 1 aliphatic rings. The molecule has 0 saturated carbocycles.